The van der Waals surface area contributed by atoms with Crippen LogP contribution in [-0.4, -0.2) is 63.5 Å². The van der Waals surface area contributed by atoms with Crippen molar-refractivity contribution in [1.29, 1.82) is 0 Å². The summed E-state index contributed by atoms with van der Waals surface area (Å²) >= 11 is 0. The normalized spacial score (nSPS) is 21.8. The summed E-state index contributed by atoms with van der Waals surface area (Å²) in [6.07, 6.45) is 5.39. The number of carbonyl (C=O) groups is 1. The molecule has 3 unspecified atom stereocenters. The van der Waals surface area contributed by atoms with Gasteiger partial charge in [-0.1, -0.05) is 42.5 Å². The van der Waals surface area contributed by atoms with Crippen molar-refractivity contribution in [1.82, 2.24) is 5.32 Å². The molecule has 0 radical (unpaired) electrons. The van der Waals surface area contributed by atoms with Crippen LogP contribution >= 0.6 is 0 Å². The number of carbonyl (C=O) groups excluding carboxylic acids is 1. The Labute approximate surface area is 225 Å². The quantitative estimate of drug-likeness (QED) is 0.310. The number of rotatable bonds is 14. The first-order valence-electron chi connectivity index (χ1n) is 13.9. The van der Waals surface area contributed by atoms with Crippen LogP contribution in [0.15, 0.2) is 54.3 Å². The zero-order valence-corrected chi connectivity index (χ0v) is 22.2. The Bertz CT molecular complexity index is 1130. The first-order chi connectivity index (χ1) is 18.7. The van der Waals surface area contributed by atoms with E-state index in [-0.39, 0.29) is 24.3 Å². The number of aliphatic hydroxyl groups is 1. The van der Waals surface area contributed by atoms with Gasteiger partial charge in [0.05, 0.1) is 26.4 Å². The molecule has 204 valence electrons. The average Bonchev–Trinajstić information content (AvgIpc) is 3.69. The summed E-state index contributed by atoms with van der Waals surface area (Å²) in [6.45, 7) is 4.86. The summed E-state index contributed by atoms with van der Waals surface area (Å²) in [5.41, 5.74) is 6.41. The van der Waals surface area contributed by atoms with Gasteiger partial charge in [-0.3, -0.25) is 4.79 Å². The van der Waals surface area contributed by atoms with Crippen LogP contribution in [0, 0.1) is 11.8 Å². The van der Waals surface area contributed by atoms with Crippen LogP contribution in [0.1, 0.15) is 48.8 Å². The number of ether oxygens (including phenoxy) is 4. The second-order valence-electron chi connectivity index (χ2n) is 10.3. The maximum Gasteiger partial charge on any atom is 0.286 e. The Morgan fingerprint density at radius 2 is 1.82 bits per heavy atom. The summed E-state index contributed by atoms with van der Waals surface area (Å²) in [7, 11) is 0. The lowest BCUT2D eigenvalue weighted by Gasteiger charge is -2.37. The van der Waals surface area contributed by atoms with Crippen molar-refractivity contribution >= 4 is 5.91 Å². The monoisotopic (exact) mass is 521 g/mol. The molecule has 1 saturated carbocycles. The molecule has 2 aromatic carbocycles. The van der Waals surface area contributed by atoms with Gasteiger partial charge < -0.3 is 29.4 Å². The molecule has 3 aliphatic rings. The largest absolute Gasteiger partial charge is 0.459 e. The summed E-state index contributed by atoms with van der Waals surface area (Å²) in [6, 6.07) is 15.1. The van der Waals surface area contributed by atoms with Crippen LogP contribution in [0.3, 0.4) is 0 Å². The minimum atomic E-state index is -0.550. The van der Waals surface area contributed by atoms with Crippen LogP contribution in [-0.2, 0) is 30.2 Å². The molecule has 0 saturated heterocycles. The summed E-state index contributed by atoms with van der Waals surface area (Å²) in [5.74, 6) is 0.683. The molecule has 0 spiro atoms. The highest BCUT2D eigenvalue weighted by molar-refractivity contribution is 5.92. The van der Waals surface area contributed by atoms with E-state index in [1.165, 1.54) is 40.7 Å². The summed E-state index contributed by atoms with van der Waals surface area (Å²) < 4.78 is 23.5. The van der Waals surface area contributed by atoms with Crippen molar-refractivity contribution in [3.63, 3.8) is 0 Å². The first-order valence-corrected chi connectivity index (χ1v) is 13.9. The van der Waals surface area contributed by atoms with E-state index >= 15 is 0 Å². The van der Waals surface area contributed by atoms with Gasteiger partial charge in [-0.25, -0.2) is 0 Å². The highest BCUT2D eigenvalue weighted by Gasteiger charge is 2.40. The van der Waals surface area contributed by atoms with Crippen molar-refractivity contribution in [3.05, 3.63) is 71.0 Å². The standard InChI is InChI=1S/C31H39NO6/c1-2-37-31-26(12-14-35-16-17-36-15-13-33)28(19-29(38-31)30(34)32-20-21-10-11-21)25-9-5-8-24-23-7-4-3-6-22(23)18-27(24)25/h3-9,19,21,26,28,31,33H,2,10-18,20H2,1H3,(H,32,34). The maximum absolute atomic E-state index is 13.1. The Hall–Kier alpha value is -2.71. The molecule has 2 aromatic rings. The van der Waals surface area contributed by atoms with Gasteiger partial charge in [0.25, 0.3) is 5.91 Å². The van der Waals surface area contributed by atoms with E-state index in [1.54, 1.807) is 0 Å². The Kier molecular flexibility index (Phi) is 9.12. The molecule has 3 atom stereocenters. The molecule has 1 aliphatic heterocycles. The van der Waals surface area contributed by atoms with E-state index in [0.29, 0.717) is 57.7 Å². The molecule has 0 bridgehead atoms. The van der Waals surface area contributed by atoms with Gasteiger partial charge in [-0.15, -0.1) is 0 Å². The molecule has 2 aliphatic carbocycles. The fourth-order valence-corrected chi connectivity index (χ4v) is 5.54. The van der Waals surface area contributed by atoms with Crippen LogP contribution in [0.25, 0.3) is 11.1 Å². The topological polar surface area (TPSA) is 86.3 Å². The van der Waals surface area contributed by atoms with Gasteiger partial charge in [0.2, 0.25) is 6.29 Å². The van der Waals surface area contributed by atoms with Crippen molar-refractivity contribution in [2.75, 3.05) is 46.2 Å². The highest BCUT2D eigenvalue weighted by atomic mass is 16.7. The molecular weight excluding hydrogens is 482 g/mol. The molecule has 1 fully saturated rings. The van der Waals surface area contributed by atoms with Crippen molar-refractivity contribution in [3.8, 4) is 11.1 Å². The molecule has 2 N–H and O–H groups in total. The second kappa shape index (κ2) is 12.9. The number of nitrogens with one attached hydrogen (secondary N) is 1. The van der Waals surface area contributed by atoms with E-state index in [4.69, 9.17) is 24.1 Å². The third kappa shape index (κ3) is 6.29. The fourth-order valence-electron chi connectivity index (χ4n) is 5.54. The van der Waals surface area contributed by atoms with Crippen LogP contribution in [0.4, 0.5) is 0 Å². The summed E-state index contributed by atoms with van der Waals surface area (Å²) in [5, 5.41) is 11.9. The van der Waals surface area contributed by atoms with Gasteiger partial charge in [-0.2, -0.15) is 0 Å². The number of amides is 1. The number of aliphatic hydroxyl groups excluding tert-OH is 1. The van der Waals surface area contributed by atoms with E-state index in [1.807, 2.05) is 13.0 Å². The maximum atomic E-state index is 13.1. The van der Waals surface area contributed by atoms with Crippen LogP contribution < -0.4 is 5.32 Å². The van der Waals surface area contributed by atoms with Gasteiger partial charge >= 0.3 is 0 Å². The molecule has 38 heavy (non-hydrogen) atoms. The molecular formula is C31H39NO6. The Morgan fingerprint density at radius 1 is 1.03 bits per heavy atom. The number of hydrogen-bond acceptors (Lipinski definition) is 6. The SMILES string of the molecule is CCOC1OC(C(=O)NCC2CC2)=CC(c2cccc3c2Cc2ccccc2-3)C1CCOCCOCCO. The number of allylic oxidation sites excluding steroid dienone is 1. The predicted molar refractivity (Wildman–Crippen MR) is 145 cm³/mol. The average molecular weight is 522 g/mol. The lowest BCUT2D eigenvalue weighted by Crippen LogP contribution is -2.40. The molecule has 7 nitrogen and oxygen atoms in total. The molecule has 1 heterocycles. The molecule has 7 heteroatoms. The Balaban J connectivity index is 1.41. The fraction of sp³-hybridized carbons (Fsp3) is 0.516. The number of fused-ring (bicyclic) bond motifs is 3. The van der Waals surface area contributed by atoms with Crippen molar-refractivity contribution in [2.24, 2.45) is 11.8 Å². The number of benzene rings is 2. The lowest BCUT2D eigenvalue weighted by molar-refractivity contribution is -0.168. The van der Waals surface area contributed by atoms with E-state index < -0.39 is 6.29 Å². The predicted octanol–water partition coefficient (Wildman–Crippen LogP) is 4.18. The zero-order valence-electron chi connectivity index (χ0n) is 22.2. The van der Waals surface area contributed by atoms with Crippen molar-refractivity contribution in [2.45, 2.75) is 44.8 Å². The van der Waals surface area contributed by atoms with E-state index in [9.17, 15) is 4.79 Å². The first kappa shape index (κ1) is 26.9. The van der Waals surface area contributed by atoms with E-state index in [2.05, 4.69) is 47.8 Å². The van der Waals surface area contributed by atoms with E-state index in [0.717, 1.165) is 6.42 Å². The van der Waals surface area contributed by atoms with Gasteiger partial charge in [-0.05, 0) is 72.4 Å². The van der Waals surface area contributed by atoms with Gasteiger partial charge in [0.1, 0.15) is 0 Å². The smallest absolute Gasteiger partial charge is 0.286 e. The van der Waals surface area contributed by atoms with Crippen LogP contribution in [0.2, 0.25) is 0 Å². The summed E-state index contributed by atoms with van der Waals surface area (Å²) in [4.78, 5) is 13.1. The highest BCUT2D eigenvalue weighted by Crippen LogP contribution is 2.45. The third-order valence-electron chi connectivity index (χ3n) is 7.64. The second-order valence-corrected chi connectivity index (χ2v) is 10.3. The lowest BCUT2D eigenvalue weighted by atomic mass is 9.78. The minimum absolute atomic E-state index is 0.00525. The van der Waals surface area contributed by atoms with Crippen molar-refractivity contribution < 1.29 is 28.8 Å². The Morgan fingerprint density at radius 3 is 2.61 bits per heavy atom. The van der Waals surface area contributed by atoms with Gasteiger partial charge in [0, 0.05) is 31.6 Å². The molecule has 1 amide bonds. The van der Waals surface area contributed by atoms with Crippen LogP contribution in [0.5, 0.6) is 0 Å². The third-order valence-corrected chi connectivity index (χ3v) is 7.64. The van der Waals surface area contributed by atoms with Gasteiger partial charge in [0.15, 0.2) is 5.76 Å². The number of hydrogen-bond donors (Lipinski definition) is 2. The minimum Gasteiger partial charge on any atom is -0.459 e. The molecule has 5 rings (SSSR count). The zero-order chi connectivity index (χ0) is 26.3. The molecule has 0 aromatic heterocycles.